The molecule has 0 radical (unpaired) electrons. The Morgan fingerprint density at radius 2 is 2.06 bits per heavy atom. The molecule has 2 aromatic heterocycles. The molecule has 3 N–H and O–H groups in total. The van der Waals surface area contributed by atoms with Crippen molar-refractivity contribution < 1.29 is 13.8 Å². The summed E-state index contributed by atoms with van der Waals surface area (Å²) in [5, 5.41) is 9.04. The number of benzene rings is 1. The third-order valence-electron chi connectivity index (χ3n) is 5.19. The van der Waals surface area contributed by atoms with E-state index in [2.05, 4.69) is 38.2 Å². The summed E-state index contributed by atoms with van der Waals surface area (Å²) in [6.45, 7) is 2.12. The van der Waals surface area contributed by atoms with Crippen molar-refractivity contribution >= 4 is 56.2 Å². The zero-order valence-corrected chi connectivity index (χ0v) is 20.3. The maximum absolute atomic E-state index is 12.7. The van der Waals surface area contributed by atoms with Gasteiger partial charge in [-0.15, -0.1) is 11.3 Å². The van der Waals surface area contributed by atoms with Crippen LogP contribution in [0.3, 0.4) is 0 Å². The fourth-order valence-electron chi connectivity index (χ4n) is 3.26. The Balaban J connectivity index is 1.71. The van der Waals surface area contributed by atoms with Gasteiger partial charge in [0.15, 0.2) is 5.13 Å². The Morgan fingerprint density at radius 3 is 2.73 bits per heavy atom. The molecule has 9 nitrogen and oxygen atoms in total. The smallest absolute Gasteiger partial charge is 0.278 e. The van der Waals surface area contributed by atoms with Gasteiger partial charge in [0.1, 0.15) is 16.8 Å². The highest BCUT2D eigenvalue weighted by atomic mass is 32.2. The lowest BCUT2D eigenvalue weighted by molar-refractivity contribution is 0.0365. The van der Waals surface area contributed by atoms with E-state index in [0.717, 1.165) is 11.4 Å². The van der Waals surface area contributed by atoms with Gasteiger partial charge >= 0.3 is 0 Å². The highest BCUT2D eigenvalue weighted by molar-refractivity contribution is 7.85. The Morgan fingerprint density at radius 1 is 1.24 bits per heavy atom. The maximum Gasteiger partial charge on any atom is 0.278 e. The molecule has 1 saturated carbocycles. The number of nitrogens with zero attached hydrogens (tertiary/aromatic N) is 3. The molecule has 1 fully saturated rings. The minimum atomic E-state index is -1.21. The van der Waals surface area contributed by atoms with Crippen LogP contribution in [0, 0.1) is 0 Å². The van der Waals surface area contributed by atoms with Crippen LogP contribution in [0.2, 0.25) is 0 Å². The van der Waals surface area contributed by atoms with E-state index >= 15 is 0 Å². The van der Waals surface area contributed by atoms with Crippen LogP contribution in [0.15, 0.2) is 42.0 Å². The van der Waals surface area contributed by atoms with Gasteiger partial charge in [-0.05, 0) is 43.4 Å². The van der Waals surface area contributed by atoms with E-state index in [1.165, 1.54) is 35.9 Å². The topological polar surface area (TPSA) is 108 Å². The molecule has 1 unspecified atom stereocenters. The van der Waals surface area contributed by atoms with Crippen LogP contribution in [0.1, 0.15) is 41.6 Å². The molecule has 1 atom stereocenters. The normalized spacial score (nSPS) is 13.9. The standard InChI is InChI=1S/C22H26N6O3S2/c1-4-31-27-21(29)16-13-24-20(26-22-23-9-10-32-22)12-18(16)25-17-8-7-15(14-5-6-14)11-19(17)28(2)33(3)30/h7-14H,4-6H2,1-3H3,(H,27,29)(H2,23,24,25,26). The fraction of sp³-hybridized carbons (Fsp3) is 0.318. The van der Waals surface area contributed by atoms with Gasteiger partial charge in [0, 0.05) is 37.1 Å². The maximum atomic E-state index is 12.7. The molecular weight excluding hydrogens is 460 g/mol. The van der Waals surface area contributed by atoms with Gasteiger partial charge in [0.05, 0.1) is 29.2 Å². The molecule has 33 heavy (non-hydrogen) atoms. The molecule has 11 heteroatoms. The van der Waals surface area contributed by atoms with Crippen molar-refractivity contribution in [3.63, 3.8) is 0 Å². The average molecular weight is 487 g/mol. The third kappa shape index (κ3) is 5.67. The highest BCUT2D eigenvalue weighted by Crippen LogP contribution is 2.43. The van der Waals surface area contributed by atoms with Gasteiger partial charge in [0.25, 0.3) is 5.91 Å². The Hall–Kier alpha value is -3.02. The first-order valence-electron chi connectivity index (χ1n) is 10.5. The average Bonchev–Trinajstić information content (AvgIpc) is 3.54. The lowest BCUT2D eigenvalue weighted by Gasteiger charge is -2.22. The van der Waals surface area contributed by atoms with E-state index in [-0.39, 0.29) is 0 Å². The zero-order valence-electron chi connectivity index (χ0n) is 18.6. The minimum absolute atomic E-state index is 0.311. The molecule has 1 aliphatic carbocycles. The molecule has 0 saturated heterocycles. The van der Waals surface area contributed by atoms with Gasteiger partial charge in [-0.1, -0.05) is 6.07 Å². The predicted octanol–water partition coefficient (Wildman–Crippen LogP) is 4.31. The largest absolute Gasteiger partial charge is 0.353 e. The Bertz CT molecular complexity index is 1150. The van der Waals surface area contributed by atoms with Gasteiger partial charge < -0.3 is 10.6 Å². The molecule has 0 bridgehead atoms. The van der Waals surface area contributed by atoms with E-state index in [1.54, 1.807) is 36.8 Å². The fourth-order valence-corrected chi connectivity index (χ4v) is 4.23. The number of anilines is 5. The summed E-state index contributed by atoms with van der Waals surface area (Å²) in [5.74, 6) is 0.666. The molecule has 3 aromatic rings. The number of amides is 1. The van der Waals surface area contributed by atoms with Crippen LogP contribution in [-0.4, -0.2) is 40.0 Å². The number of thiazole rings is 1. The second kappa shape index (κ2) is 10.3. The predicted molar refractivity (Wildman–Crippen MR) is 133 cm³/mol. The van der Waals surface area contributed by atoms with Crippen molar-refractivity contribution in [2.75, 3.05) is 34.8 Å². The number of rotatable bonds is 10. The first-order chi connectivity index (χ1) is 16.0. The van der Waals surface area contributed by atoms with Crippen molar-refractivity contribution in [3.8, 4) is 0 Å². The Labute approximate surface area is 199 Å². The van der Waals surface area contributed by atoms with Crippen molar-refractivity contribution in [1.29, 1.82) is 0 Å². The Kier molecular flexibility index (Phi) is 7.21. The van der Waals surface area contributed by atoms with E-state index in [1.807, 2.05) is 11.4 Å². The number of carbonyl (C=O) groups is 1. The number of carbonyl (C=O) groups excluding carboxylic acids is 1. The van der Waals surface area contributed by atoms with Crippen molar-refractivity contribution in [2.45, 2.75) is 25.7 Å². The summed E-state index contributed by atoms with van der Waals surface area (Å²) < 4.78 is 14.0. The van der Waals surface area contributed by atoms with Crippen LogP contribution in [0.25, 0.3) is 0 Å². The SMILES string of the molecule is CCONC(=O)c1cnc(Nc2nccs2)cc1Nc1ccc(C2CC2)cc1N(C)S(C)=O. The van der Waals surface area contributed by atoms with Crippen molar-refractivity contribution in [1.82, 2.24) is 15.4 Å². The number of nitrogens with one attached hydrogen (secondary N) is 3. The summed E-state index contributed by atoms with van der Waals surface area (Å²) in [5.41, 5.74) is 6.00. The minimum Gasteiger partial charge on any atom is -0.353 e. The quantitative estimate of drug-likeness (QED) is 0.366. The van der Waals surface area contributed by atoms with Crippen LogP contribution in [0.5, 0.6) is 0 Å². The molecule has 1 amide bonds. The van der Waals surface area contributed by atoms with Gasteiger partial charge in [0.2, 0.25) is 0 Å². The van der Waals surface area contributed by atoms with Gasteiger partial charge in [-0.3, -0.25) is 13.9 Å². The lowest BCUT2D eigenvalue weighted by atomic mass is 10.1. The molecule has 0 spiro atoms. The van der Waals surface area contributed by atoms with Gasteiger partial charge in [-0.25, -0.2) is 19.7 Å². The van der Waals surface area contributed by atoms with Crippen molar-refractivity contribution in [3.05, 3.63) is 53.2 Å². The summed E-state index contributed by atoms with van der Waals surface area (Å²) in [6, 6.07) is 7.84. The number of hydrogen-bond acceptors (Lipinski definition) is 8. The number of hydrogen-bond donors (Lipinski definition) is 3. The second-order valence-electron chi connectivity index (χ2n) is 7.54. The molecule has 1 aromatic carbocycles. The number of pyridine rings is 1. The van der Waals surface area contributed by atoms with E-state index in [4.69, 9.17) is 4.84 Å². The monoisotopic (exact) mass is 486 g/mol. The van der Waals surface area contributed by atoms with E-state index in [9.17, 15) is 9.00 Å². The number of hydroxylamine groups is 1. The van der Waals surface area contributed by atoms with Crippen LogP contribution >= 0.6 is 11.3 Å². The highest BCUT2D eigenvalue weighted by Gasteiger charge is 2.25. The summed E-state index contributed by atoms with van der Waals surface area (Å²) in [7, 11) is 0.577. The molecule has 2 heterocycles. The van der Waals surface area contributed by atoms with E-state index in [0.29, 0.717) is 34.7 Å². The third-order valence-corrected chi connectivity index (χ3v) is 6.85. The second-order valence-corrected chi connectivity index (χ2v) is 9.83. The van der Waals surface area contributed by atoms with E-state index < -0.39 is 16.9 Å². The first kappa shape index (κ1) is 23.1. The van der Waals surface area contributed by atoms with Crippen LogP contribution in [-0.2, 0) is 15.8 Å². The zero-order chi connectivity index (χ0) is 23.4. The molecule has 1 aliphatic rings. The first-order valence-corrected chi connectivity index (χ1v) is 12.9. The lowest BCUT2D eigenvalue weighted by Crippen LogP contribution is -2.25. The molecular formula is C22H26N6O3S2. The molecule has 0 aliphatic heterocycles. The van der Waals surface area contributed by atoms with Gasteiger partial charge in [-0.2, -0.15) is 0 Å². The molecule has 4 rings (SSSR count). The van der Waals surface area contributed by atoms with Crippen molar-refractivity contribution in [2.24, 2.45) is 0 Å². The number of aromatic nitrogens is 2. The summed E-state index contributed by atoms with van der Waals surface area (Å²) >= 11 is 1.45. The molecule has 174 valence electrons. The van der Waals surface area contributed by atoms with Crippen LogP contribution < -0.4 is 20.4 Å². The summed E-state index contributed by atoms with van der Waals surface area (Å²) in [6.07, 6.45) is 7.15. The van der Waals surface area contributed by atoms with Crippen LogP contribution in [0.4, 0.5) is 28.0 Å². The summed E-state index contributed by atoms with van der Waals surface area (Å²) in [4.78, 5) is 26.4.